The Morgan fingerprint density at radius 1 is 1.19 bits per heavy atom. The Balaban J connectivity index is 2.63. The van der Waals surface area contributed by atoms with E-state index >= 15 is 0 Å². The summed E-state index contributed by atoms with van der Waals surface area (Å²) in [7, 11) is 1.36. The van der Waals surface area contributed by atoms with Gasteiger partial charge in [-0.05, 0) is 43.4 Å². The van der Waals surface area contributed by atoms with Gasteiger partial charge in [-0.1, -0.05) is 39.3 Å². The summed E-state index contributed by atoms with van der Waals surface area (Å²) in [6.45, 7) is 9.34. The molecule has 5 heteroatoms. The minimum Gasteiger partial charge on any atom is -0.465 e. The zero-order valence-corrected chi connectivity index (χ0v) is 17.0. The van der Waals surface area contributed by atoms with Crippen molar-refractivity contribution >= 4 is 11.9 Å². The molecule has 0 aliphatic carbocycles. The molecule has 0 unspecified atom stereocenters. The van der Waals surface area contributed by atoms with Crippen molar-refractivity contribution in [3.8, 4) is 11.1 Å². The van der Waals surface area contributed by atoms with E-state index in [9.17, 15) is 9.59 Å². The van der Waals surface area contributed by atoms with Crippen molar-refractivity contribution in [1.82, 2.24) is 4.57 Å². The van der Waals surface area contributed by atoms with Crippen molar-refractivity contribution in [2.24, 2.45) is 11.7 Å². The predicted octanol–water partition coefficient (Wildman–Crippen LogP) is 4.35. The SMILES string of the molecule is CCCc1c(-c2ccc(C(=O)OC)cc2)c(C(N)=O)c(C)n1CCC(C)C. The molecule has 0 saturated heterocycles. The number of nitrogens with two attached hydrogens (primary N) is 1. The summed E-state index contributed by atoms with van der Waals surface area (Å²) < 4.78 is 7.01. The van der Waals surface area contributed by atoms with Crippen LogP contribution in [0.5, 0.6) is 0 Å². The number of aromatic nitrogens is 1. The molecule has 0 fully saturated rings. The van der Waals surface area contributed by atoms with Crippen LogP contribution in [0.2, 0.25) is 0 Å². The average molecular weight is 370 g/mol. The summed E-state index contributed by atoms with van der Waals surface area (Å²) in [5.41, 5.74) is 10.7. The van der Waals surface area contributed by atoms with E-state index in [1.807, 2.05) is 19.1 Å². The third-order valence-corrected chi connectivity index (χ3v) is 4.89. The Hall–Kier alpha value is -2.56. The van der Waals surface area contributed by atoms with Gasteiger partial charge in [0.2, 0.25) is 0 Å². The fraction of sp³-hybridized carbons (Fsp3) is 0.455. The van der Waals surface area contributed by atoms with Gasteiger partial charge in [0.05, 0.1) is 18.2 Å². The van der Waals surface area contributed by atoms with Crippen molar-refractivity contribution in [3.05, 3.63) is 46.8 Å². The van der Waals surface area contributed by atoms with E-state index in [4.69, 9.17) is 10.5 Å². The van der Waals surface area contributed by atoms with Gasteiger partial charge in [-0.2, -0.15) is 0 Å². The molecular weight excluding hydrogens is 340 g/mol. The van der Waals surface area contributed by atoms with Crippen molar-refractivity contribution in [2.75, 3.05) is 7.11 Å². The average Bonchev–Trinajstić information content (AvgIpc) is 2.91. The summed E-state index contributed by atoms with van der Waals surface area (Å²) in [5.74, 6) is -0.225. The topological polar surface area (TPSA) is 74.3 Å². The molecule has 1 heterocycles. The van der Waals surface area contributed by atoms with Gasteiger partial charge in [0.1, 0.15) is 0 Å². The normalized spacial score (nSPS) is 11.0. The summed E-state index contributed by atoms with van der Waals surface area (Å²) in [5, 5.41) is 0. The highest BCUT2D eigenvalue weighted by molar-refractivity contribution is 6.02. The lowest BCUT2D eigenvalue weighted by atomic mass is 9.97. The maximum atomic E-state index is 12.3. The summed E-state index contributed by atoms with van der Waals surface area (Å²) >= 11 is 0. The van der Waals surface area contributed by atoms with Gasteiger partial charge >= 0.3 is 5.97 Å². The molecule has 146 valence electrons. The number of methoxy groups -OCH3 is 1. The molecule has 27 heavy (non-hydrogen) atoms. The molecule has 2 rings (SSSR count). The lowest BCUT2D eigenvalue weighted by molar-refractivity contribution is 0.0600. The monoisotopic (exact) mass is 370 g/mol. The molecule has 1 amide bonds. The first-order valence-electron chi connectivity index (χ1n) is 9.52. The number of hydrogen-bond acceptors (Lipinski definition) is 3. The molecule has 5 nitrogen and oxygen atoms in total. The number of nitrogens with zero attached hydrogens (tertiary/aromatic N) is 1. The third-order valence-electron chi connectivity index (χ3n) is 4.89. The Kier molecular flexibility index (Phi) is 6.83. The lowest BCUT2D eigenvalue weighted by Gasteiger charge is -2.14. The fourth-order valence-electron chi connectivity index (χ4n) is 3.49. The predicted molar refractivity (Wildman–Crippen MR) is 108 cm³/mol. The van der Waals surface area contributed by atoms with Crippen LogP contribution in [0.25, 0.3) is 11.1 Å². The molecule has 0 bridgehead atoms. The molecule has 1 aromatic heterocycles. The van der Waals surface area contributed by atoms with Gasteiger partial charge in [0.25, 0.3) is 5.91 Å². The van der Waals surface area contributed by atoms with Crippen molar-refractivity contribution in [2.45, 2.75) is 53.5 Å². The summed E-state index contributed by atoms with van der Waals surface area (Å²) in [6, 6.07) is 7.17. The quantitative estimate of drug-likeness (QED) is 0.702. The van der Waals surface area contributed by atoms with Gasteiger partial charge in [0, 0.05) is 23.5 Å². The molecule has 2 aromatic rings. The zero-order chi connectivity index (χ0) is 20.1. The van der Waals surface area contributed by atoms with E-state index in [-0.39, 0.29) is 5.97 Å². The van der Waals surface area contributed by atoms with Gasteiger partial charge in [0.15, 0.2) is 0 Å². The molecular formula is C22H30N2O3. The fourth-order valence-corrected chi connectivity index (χ4v) is 3.49. The minimum absolute atomic E-state index is 0.379. The third kappa shape index (κ3) is 4.41. The number of ether oxygens (including phenoxy) is 1. The number of esters is 1. The molecule has 0 saturated carbocycles. The second kappa shape index (κ2) is 8.89. The number of hydrogen-bond donors (Lipinski definition) is 1. The van der Waals surface area contributed by atoms with Crippen LogP contribution in [0.4, 0.5) is 0 Å². The van der Waals surface area contributed by atoms with E-state index in [1.165, 1.54) is 7.11 Å². The van der Waals surface area contributed by atoms with Gasteiger partial charge in [-0.25, -0.2) is 4.79 Å². The van der Waals surface area contributed by atoms with Crippen LogP contribution in [0.3, 0.4) is 0 Å². The van der Waals surface area contributed by atoms with Crippen LogP contribution in [0, 0.1) is 12.8 Å². The van der Waals surface area contributed by atoms with Gasteiger partial charge in [-0.15, -0.1) is 0 Å². The number of benzene rings is 1. The largest absolute Gasteiger partial charge is 0.465 e. The molecule has 2 N–H and O–H groups in total. The van der Waals surface area contributed by atoms with Gasteiger partial charge < -0.3 is 15.0 Å². The first-order chi connectivity index (χ1) is 12.8. The van der Waals surface area contributed by atoms with E-state index in [1.54, 1.807) is 12.1 Å². The van der Waals surface area contributed by atoms with Crippen molar-refractivity contribution in [1.29, 1.82) is 0 Å². The Labute approximate surface area is 161 Å². The van der Waals surface area contributed by atoms with Crippen LogP contribution < -0.4 is 5.73 Å². The van der Waals surface area contributed by atoms with Crippen molar-refractivity contribution in [3.63, 3.8) is 0 Å². The molecule has 0 aliphatic heterocycles. The molecule has 0 radical (unpaired) electrons. The standard InChI is InChI=1S/C22H30N2O3/c1-6-7-18-20(16-8-10-17(11-9-16)22(26)27-5)19(21(23)25)15(4)24(18)13-12-14(2)3/h8-11,14H,6-7,12-13H2,1-5H3,(H2,23,25). The highest BCUT2D eigenvalue weighted by Gasteiger charge is 2.24. The minimum atomic E-state index is -0.416. The number of carbonyl (C=O) groups is 2. The van der Waals surface area contributed by atoms with Crippen LogP contribution in [0.15, 0.2) is 24.3 Å². The second-order valence-electron chi connectivity index (χ2n) is 7.30. The molecule has 0 spiro atoms. The first-order valence-corrected chi connectivity index (χ1v) is 9.52. The number of primary amides is 1. The number of rotatable bonds is 8. The van der Waals surface area contributed by atoms with Crippen LogP contribution in [0.1, 0.15) is 65.7 Å². The lowest BCUT2D eigenvalue weighted by Crippen LogP contribution is -2.13. The molecule has 0 aliphatic rings. The number of carbonyl (C=O) groups excluding carboxylic acids is 2. The Morgan fingerprint density at radius 2 is 1.81 bits per heavy atom. The van der Waals surface area contributed by atoms with Crippen LogP contribution in [-0.2, 0) is 17.7 Å². The van der Waals surface area contributed by atoms with Crippen LogP contribution >= 0.6 is 0 Å². The summed E-state index contributed by atoms with van der Waals surface area (Å²) in [4.78, 5) is 24.0. The highest BCUT2D eigenvalue weighted by Crippen LogP contribution is 2.34. The molecule has 1 aromatic carbocycles. The Morgan fingerprint density at radius 3 is 2.30 bits per heavy atom. The maximum Gasteiger partial charge on any atom is 0.337 e. The van der Waals surface area contributed by atoms with Gasteiger partial charge in [-0.3, -0.25) is 4.79 Å². The maximum absolute atomic E-state index is 12.3. The smallest absolute Gasteiger partial charge is 0.337 e. The number of amides is 1. The summed E-state index contributed by atoms with van der Waals surface area (Å²) in [6.07, 6.45) is 2.86. The molecule has 0 atom stereocenters. The van der Waals surface area contributed by atoms with E-state index in [0.29, 0.717) is 17.0 Å². The van der Waals surface area contributed by atoms with E-state index in [0.717, 1.165) is 48.3 Å². The highest BCUT2D eigenvalue weighted by atomic mass is 16.5. The Bertz CT molecular complexity index is 817. The van der Waals surface area contributed by atoms with E-state index < -0.39 is 5.91 Å². The van der Waals surface area contributed by atoms with E-state index in [2.05, 4.69) is 25.3 Å². The van der Waals surface area contributed by atoms with Crippen LogP contribution in [-0.4, -0.2) is 23.6 Å². The zero-order valence-electron chi connectivity index (χ0n) is 17.0. The second-order valence-corrected chi connectivity index (χ2v) is 7.30. The first kappa shape index (κ1) is 20.7. The van der Waals surface area contributed by atoms with Crippen molar-refractivity contribution < 1.29 is 14.3 Å².